The van der Waals surface area contributed by atoms with Crippen LogP contribution < -0.4 is 0 Å². The summed E-state index contributed by atoms with van der Waals surface area (Å²) in [5.41, 5.74) is 12.0. The fraction of sp³-hybridized carbons (Fsp3) is 0. The highest BCUT2D eigenvalue weighted by molar-refractivity contribution is 5.83. The van der Waals surface area contributed by atoms with E-state index in [0.717, 1.165) is 66.8 Å². The maximum atomic E-state index is 11.0. The number of rotatable bonds is 12. The van der Waals surface area contributed by atoms with Gasteiger partial charge in [-0.25, -0.2) is 0 Å². The number of benzene rings is 7. The quantitative estimate of drug-likeness (QED) is 0.0695. The van der Waals surface area contributed by atoms with Crippen LogP contribution in [-0.4, -0.2) is 14.8 Å². The highest BCUT2D eigenvalue weighted by Gasteiger charge is 2.09. The molecule has 0 heterocycles. The molecule has 7 rings (SSSR count). The van der Waals surface area contributed by atoms with E-state index in [0.29, 0.717) is 0 Å². The lowest BCUT2D eigenvalue weighted by atomic mass is 9.92. The van der Waals surface area contributed by atoms with Crippen molar-refractivity contribution < 1.29 is 14.8 Å². The molecular weight excluding hydrogens is 715 g/mol. The molecule has 0 aliphatic rings. The molecule has 57 heavy (non-hydrogen) atoms. The molecule has 0 unspecified atom stereocenters. The Kier molecular flexibility index (Phi) is 11.1. The first-order chi connectivity index (χ1) is 27.7. The van der Waals surface area contributed by atoms with E-state index in [-0.39, 0.29) is 17.1 Å². The molecule has 9 nitrogen and oxygen atoms in total. The van der Waals surface area contributed by atoms with E-state index in [2.05, 4.69) is 54.6 Å². The van der Waals surface area contributed by atoms with Crippen LogP contribution in [0.25, 0.3) is 69.8 Å². The van der Waals surface area contributed by atoms with Crippen LogP contribution >= 0.6 is 0 Å². The van der Waals surface area contributed by atoms with Crippen LogP contribution in [0.1, 0.15) is 33.4 Å². The lowest BCUT2D eigenvalue weighted by Gasteiger charge is -2.12. The van der Waals surface area contributed by atoms with Gasteiger partial charge in [0.1, 0.15) is 0 Å². The molecule has 0 aliphatic heterocycles. The molecule has 0 saturated heterocycles. The zero-order valence-corrected chi connectivity index (χ0v) is 30.3. The summed E-state index contributed by atoms with van der Waals surface area (Å²) in [6, 6.07) is 50.5. The first-order valence-electron chi connectivity index (χ1n) is 17.9. The zero-order valence-electron chi connectivity index (χ0n) is 30.3. The van der Waals surface area contributed by atoms with Crippen molar-refractivity contribution in [1.29, 1.82) is 0 Å². The molecule has 0 bridgehead atoms. The van der Waals surface area contributed by atoms with Crippen molar-refractivity contribution >= 4 is 53.5 Å². The number of nitrogens with zero attached hydrogens (tertiary/aromatic N) is 3. The van der Waals surface area contributed by atoms with Crippen molar-refractivity contribution in [1.82, 2.24) is 0 Å². The van der Waals surface area contributed by atoms with E-state index in [9.17, 15) is 30.3 Å². The Morgan fingerprint density at radius 1 is 0.263 bits per heavy atom. The summed E-state index contributed by atoms with van der Waals surface area (Å²) in [4.78, 5) is 31.8. The smallest absolute Gasteiger partial charge is 0.258 e. The Bertz CT molecular complexity index is 2340. The van der Waals surface area contributed by atoms with Crippen molar-refractivity contribution in [2.45, 2.75) is 0 Å². The van der Waals surface area contributed by atoms with Gasteiger partial charge in [0.25, 0.3) is 17.1 Å². The third-order valence-corrected chi connectivity index (χ3v) is 9.38. The van der Waals surface area contributed by atoms with Crippen LogP contribution in [-0.2, 0) is 0 Å². The van der Waals surface area contributed by atoms with Gasteiger partial charge in [-0.3, -0.25) is 30.3 Å². The second-order valence-corrected chi connectivity index (χ2v) is 13.2. The van der Waals surface area contributed by atoms with Gasteiger partial charge >= 0.3 is 0 Å². The van der Waals surface area contributed by atoms with Gasteiger partial charge in [-0.2, -0.15) is 0 Å². The van der Waals surface area contributed by atoms with Crippen LogP contribution in [0.3, 0.4) is 0 Å². The van der Waals surface area contributed by atoms with Gasteiger partial charge < -0.3 is 0 Å². The zero-order chi connectivity index (χ0) is 39.7. The molecule has 7 aromatic carbocycles. The summed E-state index contributed by atoms with van der Waals surface area (Å²) in [6.45, 7) is 0. The third-order valence-electron chi connectivity index (χ3n) is 9.38. The van der Waals surface area contributed by atoms with Gasteiger partial charge in [-0.1, -0.05) is 109 Å². The molecule has 9 heteroatoms. The lowest BCUT2D eigenvalue weighted by molar-refractivity contribution is -0.385. The van der Waals surface area contributed by atoms with Gasteiger partial charge in [0.2, 0.25) is 0 Å². The van der Waals surface area contributed by atoms with E-state index in [1.165, 1.54) is 36.4 Å². The average Bonchev–Trinajstić information content (AvgIpc) is 3.25. The second kappa shape index (κ2) is 17.0. The van der Waals surface area contributed by atoms with Gasteiger partial charge in [0.05, 0.1) is 14.8 Å². The van der Waals surface area contributed by atoms with Crippen LogP contribution in [0.5, 0.6) is 0 Å². The molecule has 0 spiro atoms. The summed E-state index contributed by atoms with van der Waals surface area (Å²) in [6.07, 6.45) is 11.7. The third kappa shape index (κ3) is 9.56. The molecule has 7 aromatic rings. The molecular formula is C48H33N3O6. The van der Waals surface area contributed by atoms with Gasteiger partial charge in [0, 0.05) is 36.4 Å². The monoisotopic (exact) mass is 747 g/mol. The number of hydrogen-bond acceptors (Lipinski definition) is 6. The van der Waals surface area contributed by atoms with Crippen LogP contribution in [0.2, 0.25) is 0 Å². The van der Waals surface area contributed by atoms with Crippen LogP contribution in [0.15, 0.2) is 164 Å². The Hall–Kier alpha value is -8.04. The van der Waals surface area contributed by atoms with Crippen LogP contribution in [0, 0.1) is 30.3 Å². The van der Waals surface area contributed by atoms with Gasteiger partial charge in [-0.05, 0) is 121 Å². The van der Waals surface area contributed by atoms with E-state index in [1.807, 2.05) is 72.9 Å². The van der Waals surface area contributed by atoms with Gasteiger partial charge in [0.15, 0.2) is 0 Å². The Morgan fingerprint density at radius 3 is 0.614 bits per heavy atom. The molecule has 0 aliphatic carbocycles. The van der Waals surface area contributed by atoms with Crippen molar-refractivity contribution in [3.63, 3.8) is 0 Å². The van der Waals surface area contributed by atoms with Crippen molar-refractivity contribution in [2.24, 2.45) is 0 Å². The predicted molar refractivity (Wildman–Crippen MR) is 229 cm³/mol. The van der Waals surface area contributed by atoms with E-state index < -0.39 is 14.8 Å². The lowest BCUT2D eigenvalue weighted by Crippen LogP contribution is -1.87. The summed E-state index contributed by atoms with van der Waals surface area (Å²) < 4.78 is 0. The minimum atomic E-state index is -0.412. The fourth-order valence-electron chi connectivity index (χ4n) is 6.19. The maximum Gasteiger partial charge on any atom is 0.269 e. The minimum absolute atomic E-state index is 0.0537. The van der Waals surface area contributed by atoms with E-state index in [1.54, 1.807) is 36.4 Å². The molecule has 0 radical (unpaired) electrons. The minimum Gasteiger partial charge on any atom is -0.258 e. The summed E-state index contributed by atoms with van der Waals surface area (Å²) in [5, 5.41) is 33.0. The van der Waals surface area contributed by atoms with Crippen molar-refractivity contribution in [2.75, 3.05) is 0 Å². The van der Waals surface area contributed by atoms with Crippen molar-refractivity contribution in [3.05, 3.63) is 228 Å². The highest BCUT2D eigenvalue weighted by atomic mass is 16.6. The largest absolute Gasteiger partial charge is 0.269 e. The van der Waals surface area contributed by atoms with E-state index >= 15 is 0 Å². The molecule has 0 fully saturated rings. The van der Waals surface area contributed by atoms with E-state index in [4.69, 9.17) is 0 Å². The van der Waals surface area contributed by atoms with Gasteiger partial charge in [-0.15, -0.1) is 0 Å². The summed E-state index contributed by atoms with van der Waals surface area (Å²) in [5.74, 6) is 0. The molecule has 276 valence electrons. The number of non-ortho nitro benzene ring substituents is 3. The average molecular weight is 748 g/mol. The number of nitro benzene ring substituents is 3. The topological polar surface area (TPSA) is 129 Å². The van der Waals surface area contributed by atoms with Crippen molar-refractivity contribution in [3.8, 4) is 33.4 Å². The van der Waals surface area contributed by atoms with Crippen LogP contribution in [0.4, 0.5) is 17.1 Å². The predicted octanol–water partition coefficient (Wildman–Crippen LogP) is 12.9. The molecule has 0 N–H and O–H groups in total. The standard InChI is InChI=1S/C48H33N3O6/c52-49(53)46-25-13-37(14-26-46)4-1-34-7-19-40(20-8-34)43-31-44(41-21-9-35(10-22-41)2-5-38-15-27-47(28-16-38)50(54)55)33-45(32-43)42-23-11-36(12-24-42)3-6-39-17-29-48(30-18-39)51(56)57/h1-33H/b4-1+,5-2+,6-3+. The first kappa shape index (κ1) is 37.3. The molecule has 0 atom stereocenters. The summed E-state index contributed by atoms with van der Waals surface area (Å²) in [7, 11) is 0. The number of nitro groups is 3. The fourth-order valence-corrected chi connectivity index (χ4v) is 6.19. The maximum absolute atomic E-state index is 11.0. The Labute approximate surface area is 328 Å². The molecule has 0 saturated carbocycles. The number of hydrogen-bond donors (Lipinski definition) is 0. The molecule has 0 aromatic heterocycles. The Morgan fingerprint density at radius 2 is 0.439 bits per heavy atom. The summed E-state index contributed by atoms with van der Waals surface area (Å²) >= 11 is 0. The second-order valence-electron chi connectivity index (χ2n) is 13.2. The highest BCUT2D eigenvalue weighted by Crippen LogP contribution is 2.34. The normalized spacial score (nSPS) is 11.4. The first-order valence-corrected chi connectivity index (χ1v) is 17.9. The SMILES string of the molecule is O=[N+]([O-])c1ccc(/C=C/c2ccc(-c3cc(-c4ccc(/C=C/c5ccc([N+](=O)[O-])cc5)cc4)cc(-c4ccc(/C=C/c5ccc([N+](=O)[O-])cc5)cc4)c3)cc2)cc1. The Balaban J connectivity index is 1.16. The molecule has 0 amide bonds.